The minimum atomic E-state index is -3.26. The van der Waals surface area contributed by atoms with Crippen LogP contribution >= 0.6 is 11.6 Å². The monoisotopic (exact) mass is 444 g/mol. The normalized spacial score (nSPS) is 11.6. The molecule has 0 atom stereocenters. The van der Waals surface area contributed by atoms with Gasteiger partial charge in [-0.2, -0.15) is 4.98 Å². The van der Waals surface area contributed by atoms with Crippen molar-refractivity contribution in [1.29, 1.82) is 0 Å². The van der Waals surface area contributed by atoms with E-state index in [0.717, 1.165) is 16.7 Å². The third-order valence-electron chi connectivity index (χ3n) is 4.88. The van der Waals surface area contributed by atoms with Gasteiger partial charge in [-0.25, -0.2) is 13.4 Å². The smallest absolute Gasteiger partial charge is 0.222 e. The molecule has 3 aromatic rings. The Hall–Kier alpha value is -2.64. The minimum Gasteiger partial charge on any atom is -0.370 e. The summed E-state index contributed by atoms with van der Waals surface area (Å²) in [6, 6.07) is 14.5. The molecule has 3 rings (SSSR count). The molecule has 0 radical (unpaired) electrons. The SMILES string of the molecule is Cc1c(Cl)cccc1-c1cc(NCCc2ccc(S(=O)(=O)C(C)C)cc2)nc(N)n1. The molecule has 2 aromatic carbocycles. The van der Waals surface area contributed by atoms with Gasteiger partial charge in [-0.1, -0.05) is 35.9 Å². The molecule has 1 heterocycles. The van der Waals surface area contributed by atoms with Gasteiger partial charge >= 0.3 is 0 Å². The number of hydrogen-bond donors (Lipinski definition) is 2. The van der Waals surface area contributed by atoms with Gasteiger partial charge in [0.15, 0.2) is 9.84 Å². The summed E-state index contributed by atoms with van der Waals surface area (Å²) < 4.78 is 24.4. The van der Waals surface area contributed by atoms with Gasteiger partial charge in [0.25, 0.3) is 0 Å². The van der Waals surface area contributed by atoms with Crippen molar-refractivity contribution in [1.82, 2.24) is 9.97 Å². The van der Waals surface area contributed by atoms with Crippen LogP contribution in [0.2, 0.25) is 5.02 Å². The molecule has 30 heavy (non-hydrogen) atoms. The Bertz CT molecular complexity index is 1150. The fraction of sp³-hybridized carbons (Fsp3) is 0.273. The molecule has 0 saturated carbocycles. The summed E-state index contributed by atoms with van der Waals surface area (Å²) in [5.74, 6) is 0.800. The molecule has 158 valence electrons. The number of anilines is 2. The first-order valence-electron chi connectivity index (χ1n) is 9.65. The molecule has 0 spiro atoms. The Balaban J connectivity index is 1.70. The van der Waals surface area contributed by atoms with Crippen LogP contribution < -0.4 is 11.1 Å². The Kier molecular flexibility index (Phi) is 6.63. The highest BCUT2D eigenvalue weighted by Gasteiger charge is 2.18. The van der Waals surface area contributed by atoms with Gasteiger partial charge in [-0.15, -0.1) is 0 Å². The van der Waals surface area contributed by atoms with Gasteiger partial charge < -0.3 is 11.1 Å². The van der Waals surface area contributed by atoms with E-state index >= 15 is 0 Å². The lowest BCUT2D eigenvalue weighted by Crippen LogP contribution is -2.14. The van der Waals surface area contributed by atoms with Crippen molar-refractivity contribution >= 4 is 33.2 Å². The summed E-state index contributed by atoms with van der Waals surface area (Å²) in [4.78, 5) is 8.93. The highest BCUT2D eigenvalue weighted by Crippen LogP contribution is 2.28. The molecular weight excluding hydrogens is 420 g/mol. The number of aromatic nitrogens is 2. The lowest BCUT2D eigenvalue weighted by atomic mass is 10.1. The number of nitrogens with zero attached hydrogens (tertiary/aromatic N) is 2. The third kappa shape index (κ3) is 4.91. The molecule has 1 aromatic heterocycles. The van der Waals surface area contributed by atoms with Gasteiger partial charge in [0.1, 0.15) is 5.82 Å². The van der Waals surface area contributed by atoms with Crippen LogP contribution in [0.15, 0.2) is 53.4 Å². The first-order valence-corrected chi connectivity index (χ1v) is 11.6. The summed E-state index contributed by atoms with van der Waals surface area (Å²) >= 11 is 6.22. The summed E-state index contributed by atoms with van der Waals surface area (Å²) in [5.41, 5.74) is 9.46. The molecule has 0 saturated heterocycles. The summed E-state index contributed by atoms with van der Waals surface area (Å²) in [5, 5.41) is 3.49. The molecule has 3 N–H and O–H groups in total. The van der Waals surface area contributed by atoms with Crippen LogP contribution in [0.3, 0.4) is 0 Å². The average molecular weight is 445 g/mol. The molecule has 0 amide bonds. The van der Waals surface area contributed by atoms with E-state index in [1.807, 2.05) is 43.3 Å². The van der Waals surface area contributed by atoms with Crippen LogP contribution in [0.25, 0.3) is 11.3 Å². The third-order valence-corrected chi connectivity index (χ3v) is 7.46. The quantitative estimate of drug-likeness (QED) is 0.555. The first-order chi connectivity index (χ1) is 14.2. The average Bonchev–Trinajstić information content (AvgIpc) is 2.70. The van der Waals surface area contributed by atoms with E-state index < -0.39 is 15.1 Å². The fourth-order valence-corrected chi connectivity index (χ4v) is 4.27. The van der Waals surface area contributed by atoms with E-state index in [1.165, 1.54) is 0 Å². The Morgan fingerprint density at radius 2 is 1.80 bits per heavy atom. The second-order valence-electron chi connectivity index (χ2n) is 7.32. The zero-order valence-electron chi connectivity index (χ0n) is 17.2. The van der Waals surface area contributed by atoms with Crippen LogP contribution in [-0.4, -0.2) is 30.2 Å². The van der Waals surface area contributed by atoms with Crippen molar-refractivity contribution in [3.63, 3.8) is 0 Å². The maximum absolute atomic E-state index is 12.2. The van der Waals surface area contributed by atoms with Crippen LogP contribution in [0.1, 0.15) is 25.0 Å². The lowest BCUT2D eigenvalue weighted by Gasteiger charge is -2.11. The van der Waals surface area contributed by atoms with Crippen LogP contribution in [0.5, 0.6) is 0 Å². The van der Waals surface area contributed by atoms with Crippen molar-refractivity contribution in [2.45, 2.75) is 37.3 Å². The van der Waals surface area contributed by atoms with E-state index in [9.17, 15) is 8.42 Å². The Morgan fingerprint density at radius 3 is 2.47 bits per heavy atom. The van der Waals surface area contributed by atoms with Gasteiger partial charge in [0.05, 0.1) is 15.8 Å². The molecule has 0 aliphatic heterocycles. The van der Waals surface area contributed by atoms with Crippen molar-refractivity contribution in [3.8, 4) is 11.3 Å². The summed E-state index contributed by atoms with van der Waals surface area (Å²) in [7, 11) is -3.26. The van der Waals surface area contributed by atoms with E-state index in [4.69, 9.17) is 17.3 Å². The summed E-state index contributed by atoms with van der Waals surface area (Å²) in [6.07, 6.45) is 0.706. The van der Waals surface area contributed by atoms with Gasteiger partial charge in [0.2, 0.25) is 5.95 Å². The number of nitrogen functional groups attached to an aromatic ring is 1. The highest BCUT2D eigenvalue weighted by atomic mass is 35.5. The molecule has 0 fully saturated rings. The number of nitrogens with one attached hydrogen (secondary N) is 1. The fourth-order valence-electron chi connectivity index (χ4n) is 3.03. The number of sulfone groups is 1. The predicted molar refractivity (Wildman–Crippen MR) is 123 cm³/mol. The molecule has 0 unspecified atom stereocenters. The maximum Gasteiger partial charge on any atom is 0.222 e. The van der Waals surface area contributed by atoms with E-state index in [0.29, 0.717) is 34.4 Å². The first kappa shape index (κ1) is 22.1. The van der Waals surface area contributed by atoms with E-state index in [-0.39, 0.29) is 5.95 Å². The highest BCUT2D eigenvalue weighted by molar-refractivity contribution is 7.92. The van der Waals surface area contributed by atoms with Crippen molar-refractivity contribution in [3.05, 3.63) is 64.7 Å². The van der Waals surface area contributed by atoms with Crippen LogP contribution in [0.4, 0.5) is 11.8 Å². The topological polar surface area (TPSA) is 98.0 Å². The number of nitrogens with two attached hydrogens (primary N) is 1. The predicted octanol–water partition coefficient (Wildman–Crippen LogP) is 4.52. The number of hydrogen-bond acceptors (Lipinski definition) is 6. The second kappa shape index (κ2) is 9.02. The van der Waals surface area contributed by atoms with Crippen molar-refractivity contribution in [2.75, 3.05) is 17.6 Å². The number of rotatable bonds is 7. The van der Waals surface area contributed by atoms with Gasteiger partial charge in [-0.05, 0) is 56.5 Å². The zero-order chi connectivity index (χ0) is 21.9. The minimum absolute atomic E-state index is 0.178. The Morgan fingerprint density at radius 1 is 1.10 bits per heavy atom. The Labute approximate surface area is 182 Å². The lowest BCUT2D eigenvalue weighted by molar-refractivity contribution is 0.587. The van der Waals surface area contributed by atoms with E-state index in [2.05, 4.69) is 15.3 Å². The van der Waals surface area contributed by atoms with E-state index in [1.54, 1.807) is 26.0 Å². The number of benzene rings is 2. The zero-order valence-corrected chi connectivity index (χ0v) is 18.8. The van der Waals surface area contributed by atoms with Gasteiger partial charge in [0, 0.05) is 23.2 Å². The number of halogens is 1. The molecule has 8 heteroatoms. The molecule has 0 bridgehead atoms. The summed E-state index contributed by atoms with van der Waals surface area (Å²) in [6.45, 7) is 5.91. The van der Waals surface area contributed by atoms with Gasteiger partial charge in [-0.3, -0.25) is 0 Å². The maximum atomic E-state index is 12.2. The molecule has 0 aliphatic carbocycles. The van der Waals surface area contributed by atoms with Crippen LogP contribution in [-0.2, 0) is 16.3 Å². The van der Waals surface area contributed by atoms with Crippen molar-refractivity contribution in [2.24, 2.45) is 0 Å². The molecule has 0 aliphatic rings. The van der Waals surface area contributed by atoms with Crippen molar-refractivity contribution < 1.29 is 8.42 Å². The molecular formula is C22H25ClN4O2S. The van der Waals surface area contributed by atoms with Crippen LogP contribution in [0, 0.1) is 6.92 Å². The standard InChI is InChI=1S/C22H25ClN4O2S/c1-14(2)30(28,29)17-9-7-16(8-10-17)11-12-25-21-13-20(26-22(24)27-21)18-5-4-6-19(23)15(18)3/h4-10,13-14H,11-12H2,1-3H3,(H3,24,25,26,27). The largest absolute Gasteiger partial charge is 0.370 e. The second-order valence-corrected chi connectivity index (χ2v) is 10.2. The molecule has 6 nitrogen and oxygen atoms in total.